The quantitative estimate of drug-likeness (QED) is 0.0862. The number of aliphatic hydroxyl groups excluding tert-OH is 5. The summed E-state index contributed by atoms with van der Waals surface area (Å²) in [6, 6.07) is 8.60. The lowest BCUT2D eigenvalue weighted by Crippen LogP contribution is -2.65. The summed E-state index contributed by atoms with van der Waals surface area (Å²) in [5.74, 6) is -1.53. The molecular weight excluding hydrogens is 600 g/mol. The number of phenols is 3. The summed E-state index contributed by atoms with van der Waals surface area (Å²) in [5.41, 5.74) is 1.01. The molecule has 15 nitrogen and oxygen atoms in total. The maximum absolute atomic E-state index is 12.8. The molecule has 0 aliphatic carbocycles. The average Bonchev–Trinajstić information content (AvgIpc) is 3.02. The van der Waals surface area contributed by atoms with Crippen molar-refractivity contribution in [3.05, 3.63) is 53.6 Å². The highest BCUT2D eigenvalue weighted by Gasteiger charge is 2.52. The Bertz CT molecular complexity index is 1320. The fraction of sp³-hybridized carbons (Fsp3) is 0.500. The summed E-state index contributed by atoms with van der Waals surface area (Å²) < 4.78 is 33.4. The second kappa shape index (κ2) is 15.2. The molecule has 2 saturated heterocycles. The maximum Gasteiger partial charge on any atom is 0.331 e. The average molecular weight is 639 g/mol. The molecule has 0 unspecified atom stereocenters. The van der Waals surface area contributed by atoms with E-state index in [2.05, 4.69) is 0 Å². The lowest BCUT2D eigenvalue weighted by molar-refractivity contribution is -0.357. The van der Waals surface area contributed by atoms with Crippen LogP contribution in [-0.4, -0.2) is 129 Å². The molecule has 2 heterocycles. The van der Waals surface area contributed by atoms with Gasteiger partial charge in [-0.25, -0.2) is 4.79 Å². The van der Waals surface area contributed by atoms with E-state index in [1.165, 1.54) is 44.4 Å². The fourth-order valence-electron chi connectivity index (χ4n) is 4.92. The molecule has 0 saturated carbocycles. The number of aromatic hydroxyl groups is 3. The van der Waals surface area contributed by atoms with Crippen molar-refractivity contribution in [2.75, 3.05) is 20.3 Å². The van der Waals surface area contributed by atoms with Crippen LogP contribution in [-0.2, 0) is 34.9 Å². The Morgan fingerprint density at radius 2 is 1.62 bits per heavy atom. The van der Waals surface area contributed by atoms with E-state index in [1.54, 1.807) is 12.1 Å². The number of carbonyl (C=O) groups excluding carboxylic acids is 1. The van der Waals surface area contributed by atoms with E-state index in [4.69, 9.17) is 28.4 Å². The molecule has 15 heteroatoms. The van der Waals surface area contributed by atoms with Crippen LogP contribution >= 0.6 is 0 Å². The van der Waals surface area contributed by atoms with Crippen molar-refractivity contribution < 1.29 is 74.1 Å². The Hall–Kier alpha value is -3.51. The SMILES string of the molecule is COc1ccc(CCO[C@@H]2O[C@H](CO)[C@@H](OC(=O)C=Cc3ccc(O)c(O)c3)[C@H](O[C@@H]3O[C@@H](C)[C@H](O)[C@@H](O)[C@H]3O)[C@H]2O)cc1O. The minimum atomic E-state index is -1.76. The standard InChI is InChI=1S/C30H38O15/c1-14-23(36)24(37)25(38)30(42-14)45-28-26(39)29(41-10-9-16-4-7-20(40-2)19(34)12-16)43-21(13-31)27(28)44-22(35)8-5-15-3-6-17(32)18(33)11-15/h3-8,11-12,14,21,23-34,36-39H,9-10,13H2,1-2H3/t14-,21+,23-,24+,25+,26+,27+,28+,29+,30-/m0/s1. The lowest BCUT2D eigenvalue weighted by Gasteiger charge is -2.46. The molecule has 0 spiro atoms. The van der Waals surface area contributed by atoms with E-state index in [0.717, 1.165) is 6.08 Å². The zero-order chi connectivity index (χ0) is 32.8. The number of hydrogen-bond acceptors (Lipinski definition) is 15. The normalized spacial score (nSPS) is 32.0. The second-order valence-electron chi connectivity index (χ2n) is 10.6. The van der Waals surface area contributed by atoms with Gasteiger partial charge in [-0.1, -0.05) is 12.1 Å². The van der Waals surface area contributed by atoms with Crippen molar-refractivity contribution in [2.45, 2.75) is 74.8 Å². The van der Waals surface area contributed by atoms with E-state index in [-0.39, 0.29) is 30.3 Å². The van der Waals surface area contributed by atoms with Crippen LogP contribution in [0.25, 0.3) is 6.08 Å². The first kappa shape index (κ1) is 34.4. The number of rotatable bonds is 11. The van der Waals surface area contributed by atoms with Gasteiger partial charge in [0.25, 0.3) is 0 Å². The van der Waals surface area contributed by atoms with E-state index in [1.807, 2.05) is 0 Å². The predicted octanol–water partition coefficient (Wildman–Crippen LogP) is -0.713. The van der Waals surface area contributed by atoms with Gasteiger partial charge in [0, 0.05) is 6.08 Å². The largest absolute Gasteiger partial charge is 0.504 e. The number of aliphatic hydroxyl groups is 5. The molecule has 4 rings (SSSR count). The first-order chi connectivity index (χ1) is 21.4. The van der Waals surface area contributed by atoms with Gasteiger partial charge in [0.1, 0.15) is 36.6 Å². The molecule has 2 fully saturated rings. The number of benzene rings is 2. The molecule has 0 amide bonds. The van der Waals surface area contributed by atoms with Crippen LogP contribution in [0.2, 0.25) is 0 Å². The van der Waals surface area contributed by atoms with Gasteiger partial charge in [-0.3, -0.25) is 0 Å². The molecule has 2 aromatic rings. The van der Waals surface area contributed by atoms with Crippen LogP contribution in [0.4, 0.5) is 0 Å². The summed E-state index contributed by atoms with van der Waals surface area (Å²) >= 11 is 0. The molecule has 45 heavy (non-hydrogen) atoms. The van der Waals surface area contributed by atoms with Crippen molar-refractivity contribution in [3.8, 4) is 23.0 Å². The topological polar surface area (TPSA) is 234 Å². The van der Waals surface area contributed by atoms with Crippen molar-refractivity contribution in [1.29, 1.82) is 0 Å². The molecular formula is C30H38O15. The zero-order valence-electron chi connectivity index (χ0n) is 24.4. The van der Waals surface area contributed by atoms with Gasteiger partial charge in [-0.05, 0) is 54.8 Å². The van der Waals surface area contributed by atoms with E-state index < -0.39 is 79.7 Å². The summed E-state index contributed by atoms with van der Waals surface area (Å²) in [5, 5.41) is 81.5. The highest BCUT2D eigenvalue weighted by Crippen LogP contribution is 2.32. The molecule has 248 valence electrons. The number of ether oxygens (including phenoxy) is 6. The Kier molecular flexibility index (Phi) is 11.6. The highest BCUT2D eigenvalue weighted by atomic mass is 16.7. The minimum Gasteiger partial charge on any atom is -0.504 e. The molecule has 2 aliphatic heterocycles. The van der Waals surface area contributed by atoms with E-state index in [9.17, 15) is 45.6 Å². The van der Waals surface area contributed by atoms with Gasteiger partial charge in [-0.2, -0.15) is 0 Å². The Morgan fingerprint density at radius 3 is 2.29 bits per heavy atom. The fourth-order valence-corrected chi connectivity index (χ4v) is 4.92. The van der Waals surface area contributed by atoms with Crippen LogP contribution in [0.15, 0.2) is 42.5 Å². The maximum atomic E-state index is 12.8. The summed E-state index contributed by atoms with van der Waals surface area (Å²) in [7, 11) is 1.42. The molecule has 2 aliphatic rings. The van der Waals surface area contributed by atoms with Crippen molar-refractivity contribution in [2.24, 2.45) is 0 Å². The van der Waals surface area contributed by atoms with Gasteiger partial charge in [0.05, 0.1) is 26.4 Å². The summed E-state index contributed by atoms with van der Waals surface area (Å²) in [6.45, 7) is 0.674. The number of methoxy groups -OCH3 is 1. The third-order valence-corrected chi connectivity index (χ3v) is 7.47. The van der Waals surface area contributed by atoms with Gasteiger partial charge in [0.15, 0.2) is 41.7 Å². The molecule has 0 bridgehead atoms. The molecule has 10 atom stereocenters. The highest BCUT2D eigenvalue weighted by molar-refractivity contribution is 5.87. The smallest absolute Gasteiger partial charge is 0.331 e. The zero-order valence-corrected chi connectivity index (χ0v) is 24.4. The van der Waals surface area contributed by atoms with Gasteiger partial charge >= 0.3 is 5.97 Å². The Morgan fingerprint density at radius 1 is 0.867 bits per heavy atom. The number of carbonyl (C=O) groups is 1. The molecule has 0 radical (unpaired) electrons. The third-order valence-electron chi connectivity index (χ3n) is 7.47. The van der Waals surface area contributed by atoms with Crippen LogP contribution in [0.5, 0.6) is 23.0 Å². The summed E-state index contributed by atoms with van der Waals surface area (Å²) in [6.07, 6.45) is -12.4. The molecule has 8 N–H and O–H groups in total. The van der Waals surface area contributed by atoms with Crippen molar-refractivity contribution in [1.82, 2.24) is 0 Å². The first-order valence-corrected chi connectivity index (χ1v) is 14.1. The van der Waals surface area contributed by atoms with E-state index >= 15 is 0 Å². The molecule has 0 aromatic heterocycles. The number of esters is 1. The van der Waals surface area contributed by atoms with Crippen molar-refractivity contribution >= 4 is 12.0 Å². The van der Waals surface area contributed by atoms with Crippen molar-refractivity contribution in [3.63, 3.8) is 0 Å². The van der Waals surface area contributed by atoms with E-state index in [0.29, 0.717) is 11.1 Å². The third kappa shape index (κ3) is 8.21. The van der Waals surface area contributed by atoms with Crippen LogP contribution in [0.1, 0.15) is 18.1 Å². The number of hydrogen-bond donors (Lipinski definition) is 8. The second-order valence-corrected chi connectivity index (χ2v) is 10.6. The van der Waals surface area contributed by atoms with Crippen LogP contribution in [0, 0.1) is 0 Å². The Labute approximate surface area is 258 Å². The van der Waals surface area contributed by atoms with Gasteiger partial charge in [0.2, 0.25) is 0 Å². The minimum absolute atomic E-state index is 0.0322. The Balaban J connectivity index is 1.52. The van der Waals surface area contributed by atoms with Gasteiger partial charge < -0.3 is 69.3 Å². The first-order valence-electron chi connectivity index (χ1n) is 14.1. The van der Waals surface area contributed by atoms with Crippen LogP contribution in [0.3, 0.4) is 0 Å². The van der Waals surface area contributed by atoms with Gasteiger partial charge in [-0.15, -0.1) is 0 Å². The monoisotopic (exact) mass is 638 g/mol. The lowest BCUT2D eigenvalue weighted by atomic mass is 9.97. The number of phenolic OH excluding ortho intramolecular Hbond substituents is 3. The molecule has 2 aromatic carbocycles. The summed E-state index contributed by atoms with van der Waals surface area (Å²) in [4.78, 5) is 12.8. The predicted molar refractivity (Wildman–Crippen MR) is 152 cm³/mol. The van der Waals surface area contributed by atoms with Crippen LogP contribution < -0.4 is 4.74 Å².